The molecule has 0 aliphatic rings. The summed E-state index contributed by atoms with van der Waals surface area (Å²) in [4.78, 5) is 0. The third-order valence-corrected chi connectivity index (χ3v) is 4.21. The Hall–Kier alpha value is -0.120. The molecular weight excluding hydrogens is 276 g/mol. The Labute approximate surface area is 138 Å². The van der Waals surface area contributed by atoms with Crippen LogP contribution in [0.3, 0.4) is 0 Å². The number of hydrogen-bond donors (Lipinski definition) is 1. The van der Waals surface area contributed by atoms with Crippen LogP contribution in [-0.2, 0) is 9.47 Å². The number of aliphatic hydroxyl groups excluding tert-OH is 1. The average Bonchev–Trinajstić information content (AvgIpc) is 2.51. The minimum absolute atomic E-state index is 0.0504. The van der Waals surface area contributed by atoms with Crippen molar-refractivity contribution >= 4 is 0 Å². The first-order valence-electron chi connectivity index (χ1n) is 9.44. The smallest absolute Gasteiger partial charge is 0.0781 e. The molecule has 0 spiro atoms. The standard InChI is InChI=1S/C19H40O3/c1-6-9-11-18(8-3)13-19(12-10-7-2)22-15-17(5)21-14-16(4)20/h16-20H,6-15H2,1-5H3. The molecule has 4 unspecified atom stereocenters. The first-order chi connectivity index (χ1) is 10.5. The number of ether oxygens (including phenoxy) is 2. The molecule has 1 N–H and O–H groups in total. The summed E-state index contributed by atoms with van der Waals surface area (Å²) in [5.41, 5.74) is 0. The number of unbranched alkanes of at least 4 members (excludes halogenated alkanes) is 2. The van der Waals surface area contributed by atoms with E-state index in [9.17, 15) is 5.11 Å². The summed E-state index contributed by atoms with van der Waals surface area (Å²) in [6.45, 7) is 11.6. The van der Waals surface area contributed by atoms with Crippen LogP contribution in [-0.4, -0.2) is 36.6 Å². The van der Waals surface area contributed by atoms with Crippen LogP contribution >= 0.6 is 0 Å². The van der Waals surface area contributed by atoms with Gasteiger partial charge < -0.3 is 14.6 Å². The molecule has 0 aliphatic heterocycles. The maximum atomic E-state index is 9.26. The van der Waals surface area contributed by atoms with Crippen molar-refractivity contribution in [3.05, 3.63) is 0 Å². The third-order valence-electron chi connectivity index (χ3n) is 4.21. The van der Waals surface area contributed by atoms with Crippen molar-refractivity contribution in [2.24, 2.45) is 5.92 Å². The van der Waals surface area contributed by atoms with Crippen molar-refractivity contribution in [3.63, 3.8) is 0 Å². The topological polar surface area (TPSA) is 38.7 Å². The summed E-state index contributed by atoms with van der Waals surface area (Å²) < 4.78 is 11.7. The Bertz CT molecular complexity index is 231. The highest BCUT2D eigenvalue weighted by Gasteiger charge is 2.17. The zero-order valence-corrected chi connectivity index (χ0v) is 15.6. The second-order valence-corrected chi connectivity index (χ2v) is 6.74. The molecule has 0 rings (SSSR count). The highest BCUT2D eigenvalue weighted by Crippen LogP contribution is 2.23. The molecular formula is C19H40O3. The lowest BCUT2D eigenvalue weighted by Crippen LogP contribution is -2.26. The molecule has 0 aromatic rings. The van der Waals surface area contributed by atoms with Gasteiger partial charge in [0, 0.05) is 0 Å². The molecule has 0 radical (unpaired) electrons. The van der Waals surface area contributed by atoms with E-state index in [1.165, 1.54) is 44.9 Å². The molecule has 3 heteroatoms. The number of hydrogen-bond acceptors (Lipinski definition) is 3. The maximum Gasteiger partial charge on any atom is 0.0781 e. The quantitative estimate of drug-likeness (QED) is 0.464. The summed E-state index contributed by atoms with van der Waals surface area (Å²) in [5, 5.41) is 9.26. The minimum atomic E-state index is -0.406. The molecule has 4 atom stereocenters. The Morgan fingerprint density at radius 1 is 0.864 bits per heavy atom. The van der Waals surface area contributed by atoms with E-state index in [-0.39, 0.29) is 6.10 Å². The second-order valence-electron chi connectivity index (χ2n) is 6.74. The van der Waals surface area contributed by atoms with Gasteiger partial charge in [-0.25, -0.2) is 0 Å². The van der Waals surface area contributed by atoms with Crippen molar-refractivity contribution in [3.8, 4) is 0 Å². The fourth-order valence-electron chi connectivity index (χ4n) is 2.68. The first kappa shape index (κ1) is 21.9. The molecule has 0 aliphatic carbocycles. The van der Waals surface area contributed by atoms with Gasteiger partial charge in [0.25, 0.3) is 0 Å². The zero-order chi connectivity index (χ0) is 16.8. The first-order valence-corrected chi connectivity index (χ1v) is 9.44. The normalized spacial score (nSPS) is 17.2. The fourth-order valence-corrected chi connectivity index (χ4v) is 2.68. The number of rotatable bonds is 15. The molecule has 22 heavy (non-hydrogen) atoms. The van der Waals surface area contributed by atoms with E-state index in [1.54, 1.807) is 6.92 Å². The van der Waals surface area contributed by atoms with Crippen LogP contribution in [0.1, 0.15) is 86.0 Å². The summed E-state index contributed by atoms with van der Waals surface area (Å²) in [5.74, 6) is 0.787. The van der Waals surface area contributed by atoms with Crippen molar-refractivity contribution in [1.29, 1.82) is 0 Å². The van der Waals surface area contributed by atoms with Gasteiger partial charge in [0.2, 0.25) is 0 Å². The summed E-state index contributed by atoms with van der Waals surface area (Å²) in [6, 6.07) is 0. The van der Waals surface area contributed by atoms with Crippen molar-refractivity contribution in [2.75, 3.05) is 13.2 Å². The van der Waals surface area contributed by atoms with E-state index in [2.05, 4.69) is 20.8 Å². The fraction of sp³-hybridized carbons (Fsp3) is 1.00. The lowest BCUT2D eigenvalue weighted by Gasteiger charge is -2.25. The van der Waals surface area contributed by atoms with Crippen molar-refractivity contribution in [1.82, 2.24) is 0 Å². The van der Waals surface area contributed by atoms with E-state index in [0.29, 0.717) is 19.3 Å². The van der Waals surface area contributed by atoms with Gasteiger partial charge in [0.15, 0.2) is 0 Å². The van der Waals surface area contributed by atoms with E-state index < -0.39 is 6.10 Å². The van der Waals surface area contributed by atoms with Gasteiger partial charge in [-0.1, -0.05) is 59.3 Å². The molecule has 0 aromatic heterocycles. The Morgan fingerprint density at radius 3 is 2.05 bits per heavy atom. The third kappa shape index (κ3) is 12.4. The maximum absolute atomic E-state index is 9.26. The Morgan fingerprint density at radius 2 is 1.50 bits per heavy atom. The Kier molecular flexibility index (Phi) is 14.4. The second kappa shape index (κ2) is 14.5. The van der Waals surface area contributed by atoms with Crippen LogP contribution in [0.5, 0.6) is 0 Å². The molecule has 0 saturated carbocycles. The number of aliphatic hydroxyl groups is 1. The lowest BCUT2D eigenvalue weighted by molar-refractivity contribution is -0.0631. The largest absolute Gasteiger partial charge is 0.391 e. The van der Waals surface area contributed by atoms with E-state index in [4.69, 9.17) is 9.47 Å². The van der Waals surface area contributed by atoms with Crippen LogP contribution in [0.4, 0.5) is 0 Å². The average molecular weight is 317 g/mol. The molecule has 0 amide bonds. The van der Waals surface area contributed by atoms with Gasteiger partial charge in [-0.2, -0.15) is 0 Å². The highest BCUT2D eigenvalue weighted by molar-refractivity contribution is 4.67. The van der Waals surface area contributed by atoms with Crippen LogP contribution < -0.4 is 0 Å². The predicted octanol–water partition coefficient (Wildman–Crippen LogP) is 4.95. The van der Waals surface area contributed by atoms with Crippen LogP contribution in [0, 0.1) is 5.92 Å². The summed E-state index contributed by atoms with van der Waals surface area (Å²) in [6.07, 6.45) is 9.98. The molecule has 0 fully saturated rings. The molecule has 0 aromatic carbocycles. The highest BCUT2D eigenvalue weighted by atomic mass is 16.5. The molecule has 3 nitrogen and oxygen atoms in total. The van der Waals surface area contributed by atoms with E-state index in [1.807, 2.05) is 6.92 Å². The van der Waals surface area contributed by atoms with Gasteiger partial charge in [0.1, 0.15) is 0 Å². The minimum Gasteiger partial charge on any atom is -0.391 e. The monoisotopic (exact) mass is 316 g/mol. The Balaban J connectivity index is 4.19. The van der Waals surface area contributed by atoms with Crippen LogP contribution in [0.25, 0.3) is 0 Å². The van der Waals surface area contributed by atoms with E-state index in [0.717, 1.165) is 12.3 Å². The van der Waals surface area contributed by atoms with E-state index >= 15 is 0 Å². The van der Waals surface area contributed by atoms with Crippen LogP contribution in [0.2, 0.25) is 0 Å². The van der Waals surface area contributed by atoms with Crippen LogP contribution in [0.15, 0.2) is 0 Å². The molecule has 0 bridgehead atoms. The van der Waals surface area contributed by atoms with Gasteiger partial charge in [-0.3, -0.25) is 0 Å². The summed E-state index contributed by atoms with van der Waals surface area (Å²) in [7, 11) is 0. The summed E-state index contributed by atoms with van der Waals surface area (Å²) >= 11 is 0. The van der Waals surface area contributed by atoms with Gasteiger partial charge in [0.05, 0.1) is 31.5 Å². The predicted molar refractivity (Wildman–Crippen MR) is 94.3 cm³/mol. The zero-order valence-electron chi connectivity index (χ0n) is 15.6. The van der Waals surface area contributed by atoms with Gasteiger partial charge in [-0.05, 0) is 32.6 Å². The van der Waals surface area contributed by atoms with Gasteiger partial charge >= 0.3 is 0 Å². The lowest BCUT2D eigenvalue weighted by atomic mass is 9.91. The van der Waals surface area contributed by atoms with Crippen molar-refractivity contribution < 1.29 is 14.6 Å². The molecule has 134 valence electrons. The van der Waals surface area contributed by atoms with Gasteiger partial charge in [-0.15, -0.1) is 0 Å². The molecule has 0 heterocycles. The SMILES string of the molecule is CCCCC(CC)CC(CCCC)OCC(C)OCC(C)O. The van der Waals surface area contributed by atoms with Crippen molar-refractivity contribution in [2.45, 2.75) is 104 Å². The molecule has 0 saturated heterocycles.